The number of carbonyl (C=O) groups is 2. The number of nitrogens with one attached hydrogen (secondary N) is 1. The Balaban J connectivity index is 1.52. The molecule has 0 radical (unpaired) electrons. The van der Waals surface area contributed by atoms with Crippen molar-refractivity contribution in [1.82, 2.24) is 14.8 Å². The van der Waals surface area contributed by atoms with E-state index in [1.807, 2.05) is 23.6 Å². The highest BCUT2D eigenvalue weighted by molar-refractivity contribution is 6.02. The third kappa shape index (κ3) is 3.18. The Labute approximate surface area is 181 Å². The van der Waals surface area contributed by atoms with Crippen LogP contribution in [0.5, 0.6) is 0 Å². The van der Waals surface area contributed by atoms with Gasteiger partial charge in [0.1, 0.15) is 17.0 Å². The Morgan fingerprint density at radius 2 is 2.06 bits per heavy atom. The lowest BCUT2D eigenvalue weighted by atomic mass is 9.77. The van der Waals surface area contributed by atoms with E-state index in [0.717, 1.165) is 18.4 Å². The molecule has 1 fully saturated rings. The SMILES string of the molecule is C[C@@H]1[C@H](C)CCC[C@@H]1NC(=O)[C@]1(C)Cn2c(cc3occc32)C(=O)N1Cc1ccco1. The highest BCUT2D eigenvalue weighted by atomic mass is 16.3. The summed E-state index contributed by atoms with van der Waals surface area (Å²) in [6.07, 6.45) is 6.47. The molecule has 7 nitrogen and oxygen atoms in total. The van der Waals surface area contributed by atoms with Crippen LogP contribution in [0.15, 0.2) is 45.6 Å². The molecule has 3 aromatic heterocycles. The number of nitrogens with zero attached hydrogens (tertiary/aromatic N) is 2. The van der Waals surface area contributed by atoms with Crippen molar-refractivity contribution >= 4 is 22.9 Å². The van der Waals surface area contributed by atoms with Crippen LogP contribution in [0.3, 0.4) is 0 Å². The minimum absolute atomic E-state index is 0.116. The van der Waals surface area contributed by atoms with Crippen molar-refractivity contribution in [3.63, 3.8) is 0 Å². The highest BCUT2D eigenvalue weighted by Crippen LogP contribution is 2.35. The molecule has 1 saturated carbocycles. The molecule has 164 valence electrons. The Kier molecular flexibility index (Phi) is 4.72. The van der Waals surface area contributed by atoms with Crippen LogP contribution in [-0.4, -0.2) is 32.9 Å². The molecule has 2 aliphatic rings. The molecule has 1 aliphatic heterocycles. The van der Waals surface area contributed by atoms with E-state index < -0.39 is 5.54 Å². The first kappa shape index (κ1) is 20.0. The van der Waals surface area contributed by atoms with E-state index in [9.17, 15) is 9.59 Å². The molecule has 1 N–H and O–H groups in total. The summed E-state index contributed by atoms with van der Waals surface area (Å²) in [6.45, 7) is 6.91. The third-order valence-electron chi connectivity index (χ3n) is 7.46. The Morgan fingerprint density at radius 1 is 1.23 bits per heavy atom. The van der Waals surface area contributed by atoms with E-state index in [1.165, 1.54) is 6.42 Å². The number of hydrogen-bond donors (Lipinski definition) is 1. The fourth-order valence-electron chi connectivity index (χ4n) is 5.19. The standard InChI is InChI=1S/C24H29N3O4/c1-15-6-4-8-18(16(15)2)25-23(29)24(3)14-26-19-9-11-31-21(19)12-20(26)22(28)27(24)13-17-7-5-10-30-17/h5,7,9-12,15-16,18H,4,6,8,13-14H2,1-3H3,(H,25,29)/t15-,16-,18+,24+/m1/s1. The van der Waals surface area contributed by atoms with Crippen molar-refractivity contribution in [3.8, 4) is 0 Å². The summed E-state index contributed by atoms with van der Waals surface area (Å²) in [7, 11) is 0. The Bertz CT molecular complexity index is 1110. The topological polar surface area (TPSA) is 80.6 Å². The third-order valence-corrected chi connectivity index (χ3v) is 7.46. The van der Waals surface area contributed by atoms with Crippen LogP contribution < -0.4 is 5.32 Å². The predicted octanol–water partition coefficient (Wildman–Crippen LogP) is 4.18. The van der Waals surface area contributed by atoms with Crippen LogP contribution in [0.1, 0.15) is 56.3 Å². The maximum atomic E-state index is 13.8. The van der Waals surface area contributed by atoms with Gasteiger partial charge in [-0.25, -0.2) is 0 Å². The largest absolute Gasteiger partial charge is 0.467 e. The van der Waals surface area contributed by atoms with Crippen LogP contribution in [0.25, 0.3) is 11.1 Å². The molecule has 4 atom stereocenters. The van der Waals surface area contributed by atoms with E-state index in [2.05, 4.69) is 19.2 Å². The zero-order valence-electron chi connectivity index (χ0n) is 18.3. The summed E-state index contributed by atoms with van der Waals surface area (Å²) in [5.41, 5.74) is 0.965. The quantitative estimate of drug-likeness (QED) is 0.683. The molecule has 3 aromatic rings. The molecule has 1 aliphatic carbocycles. The number of hydrogen-bond acceptors (Lipinski definition) is 4. The summed E-state index contributed by atoms with van der Waals surface area (Å²) in [6, 6.07) is 7.35. The van der Waals surface area contributed by atoms with Gasteiger partial charge in [0.25, 0.3) is 5.91 Å². The van der Waals surface area contributed by atoms with E-state index >= 15 is 0 Å². The van der Waals surface area contributed by atoms with Crippen molar-refractivity contribution in [2.75, 3.05) is 0 Å². The molecular weight excluding hydrogens is 394 g/mol. The minimum Gasteiger partial charge on any atom is -0.467 e. The summed E-state index contributed by atoms with van der Waals surface area (Å²) >= 11 is 0. The molecule has 4 heterocycles. The second-order valence-electron chi connectivity index (χ2n) is 9.38. The second kappa shape index (κ2) is 7.32. The fourth-order valence-corrected chi connectivity index (χ4v) is 5.19. The first-order valence-electron chi connectivity index (χ1n) is 11.1. The van der Waals surface area contributed by atoms with E-state index in [1.54, 1.807) is 29.6 Å². The lowest BCUT2D eigenvalue weighted by Gasteiger charge is -2.45. The second-order valence-corrected chi connectivity index (χ2v) is 9.38. The molecule has 0 bridgehead atoms. The summed E-state index contributed by atoms with van der Waals surface area (Å²) in [5, 5.41) is 3.30. The molecule has 5 rings (SSSR count). The number of aromatic nitrogens is 1. The first-order valence-corrected chi connectivity index (χ1v) is 11.1. The van der Waals surface area contributed by atoms with E-state index in [-0.39, 0.29) is 24.4 Å². The maximum absolute atomic E-state index is 13.8. The van der Waals surface area contributed by atoms with Gasteiger partial charge in [0, 0.05) is 18.2 Å². The van der Waals surface area contributed by atoms with Crippen molar-refractivity contribution in [3.05, 3.63) is 48.2 Å². The summed E-state index contributed by atoms with van der Waals surface area (Å²) < 4.78 is 13.0. The van der Waals surface area contributed by atoms with E-state index in [0.29, 0.717) is 35.4 Å². The molecular formula is C24H29N3O4. The van der Waals surface area contributed by atoms with Gasteiger partial charge in [-0.05, 0) is 37.3 Å². The van der Waals surface area contributed by atoms with Crippen LogP contribution in [0.4, 0.5) is 0 Å². The first-order chi connectivity index (χ1) is 14.9. The minimum atomic E-state index is -1.06. The molecule has 7 heteroatoms. The fraction of sp³-hybridized carbons (Fsp3) is 0.500. The van der Waals surface area contributed by atoms with Gasteiger partial charge >= 0.3 is 0 Å². The number of amides is 2. The molecule has 0 saturated heterocycles. The average Bonchev–Trinajstić information content (AvgIpc) is 3.47. The maximum Gasteiger partial charge on any atom is 0.272 e. The zero-order chi connectivity index (χ0) is 21.8. The zero-order valence-corrected chi connectivity index (χ0v) is 18.3. The van der Waals surface area contributed by atoms with E-state index in [4.69, 9.17) is 8.83 Å². The van der Waals surface area contributed by atoms with Crippen LogP contribution in [-0.2, 0) is 17.9 Å². The van der Waals surface area contributed by atoms with Crippen molar-refractivity contribution in [2.45, 2.75) is 64.7 Å². The molecule has 2 amide bonds. The molecule has 31 heavy (non-hydrogen) atoms. The number of furan rings is 2. The van der Waals surface area contributed by atoms with Gasteiger partial charge in [-0.15, -0.1) is 0 Å². The van der Waals surface area contributed by atoms with Crippen LogP contribution in [0.2, 0.25) is 0 Å². The summed E-state index contributed by atoms with van der Waals surface area (Å²) in [4.78, 5) is 29.0. The monoisotopic (exact) mass is 423 g/mol. The Hall–Kier alpha value is -2.96. The highest BCUT2D eigenvalue weighted by Gasteiger charge is 2.49. The van der Waals surface area contributed by atoms with Gasteiger partial charge in [0.15, 0.2) is 5.58 Å². The normalized spacial score (nSPS) is 28.7. The van der Waals surface area contributed by atoms with Crippen LogP contribution >= 0.6 is 0 Å². The predicted molar refractivity (Wildman–Crippen MR) is 115 cm³/mol. The van der Waals surface area contributed by atoms with Gasteiger partial charge in [-0.2, -0.15) is 0 Å². The van der Waals surface area contributed by atoms with Gasteiger partial charge in [-0.3, -0.25) is 9.59 Å². The average molecular weight is 424 g/mol. The van der Waals surface area contributed by atoms with Crippen molar-refractivity contribution in [1.29, 1.82) is 0 Å². The van der Waals surface area contributed by atoms with Crippen LogP contribution in [0, 0.1) is 11.8 Å². The van der Waals surface area contributed by atoms with Crippen molar-refractivity contribution < 1.29 is 18.4 Å². The number of fused-ring (bicyclic) bond motifs is 3. The van der Waals surface area contributed by atoms with Gasteiger partial charge < -0.3 is 23.6 Å². The van der Waals surface area contributed by atoms with Gasteiger partial charge in [0.05, 0.1) is 31.1 Å². The molecule has 0 spiro atoms. The van der Waals surface area contributed by atoms with Gasteiger partial charge in [0.2, 0.25) is 5.91 Å². The smallest absolute Gasteiger partial charge is 0.272 e. The molecule has 0 aromatic carbocycles. The van der Waals surface area contributed by atoms with Crippen molar-refractivity contribution in [2.24, 2.45) is 11.8 Å². The molecule has 0 unspecified atom stereocenters. The Morgan fingerprint density at radius 3 is 2.84 bits per heavy atom. The lowest BCUT2D eigenvalue weighted by Crippen LogP contribution is -2.65. The lowest BCUT2D eigenvalue weighted by molar-refractivity contribution is -0.134. The van der Waals surface area contributed by atoms with Gasteiger partial charge in [-0.1, -0.05) is 26.7 Å². The number of rotatable bonds is 4. The number of carbonyl (C=O) groups excluding carboxylic acids is 2. The summed E-state index contributed by atoms with van der Waals surface area (Å²) in [5.74, 6) is 1.31.